The van der Waals surface area contributed by atoms with Crippen molar-refractivity contribution in [3.05, 3.63) is 93.7 Å². The Morgan fingerprint density at radius 3 is 2.38 bits per heavy atom. The highest BCUT2D eigenvalue weighted by Crippen LogP contribution is 2.40. The third-order valence-corrected chi connectivity index (χ3v) is 7.48. The van der Waals surface area contributed by atoms with E-state index in [0.29, 0.717) is 33.9 Å². The minimum atomic E-state index is -4.01. The number of rotatable bonds is 5. The summed E-state index contributed by atoms with van der Waals surface area (Å²) in [5, 5.41) is 5.21. The monoisotopic (exact) mass is 478 g/mol. The van der Waals surface area contributed by atoms with Crippen LogP contribution in [0.4, 0.5) is 0 Å². The second kappa shape index (κ2) is 8.18. The Balaban J connectivity index is 1.71. The Morgan fingerprint density at radius 2 is 1.71 bits per heavy atom. The van der Waals surface area contributed by atoms with Crippen LogP contribution in [0.2, 0.25) is 0 Å². The van der Waals surface area contributed by atoms with Gasteiger partial charge in [-0.05, 0) is 56.3 Å². The summed E-state index contributed by atoms with van der Waals surface area (Å²) in [4.78, 5) is 12.1. The summed E-state index contributed by atoms with van der Waals surface area (Å²) < 4.78 is 45.2. The van der Waals surface area contributed by atoms with Gasteiger partial charge in [0.25, 0.3) is 10.0 Å². The maximum atomic E-state index is 13.7. The highest BCUT2D eigenvalue weighted by atomic mass is 32.2. The average molecular weight is 479 g/mol. The molecule has 8 nitrogen and oxygen atoms in total. The highest BCUT2D eigenvalue weighted by molar-refractivity contribution is 7.89. The largest absolute Gasteiger partial charge is 0.496 e. The van der Waals surface area contributed by atoms with Gasteiger partial charge in [-0.2, -0.15) is 17.9 Å². The van der Waals surface area contributed by atoms with Crippen molar-refractivity contribution in [2.45, 2.75) is 31.2 Å². The third-order valence-electron chi connectivity index (χ3n) is 5.79. The highest BCUT2D eigenvalue weighted by Gasteiger charge is 2.40. The summed E-state index contributed by atoms with van der Waals surface area (Å²) in [6.07, 6.45) is 0.201. The van der Waals surface area contributed by atoms with Crippen LogP contribution in [0.3, 0.4) is 0 Å². The molecule has 4 aromatic rings. The standard InChI is InChI=1S/C25H22N2O6S/c1-15-4-9-18(10-5-15)34(29,30)27-20(21-11-6-16(2)32-21)14-19(26-27)24-22(31-3)12-7-17-8-13-23(28)33-25(17)24/h4-13,20H,14H2,1-3H3. The molecule has 0 aliphatic carbocycles. The molecule has 0 saturated carbocycles. The first-order chi connectivity index (χ1) is 16.3. The van der Waals surface area contributed by atoms with Crippen LogP contribution in [0.25, 0.3) is 11.0 Å². The molecule has 0 bridgehead atoms. The van der Waals surface area contributed by atoms with E-state index >= 15 is 0 Å². The Morgan fingerprint density at radius 1 is 0.971 bits per heavy atom. The van der Waals surface area contributed by atoms with Crippen molar-refractivity contribution in [3.8, 4) is 5.75 Å². The number of ether oxygens (including phenoxy) is 1. The van der Waals surface area contributed by atoms with Gasteiger partial charge >= 0.3 is 5.63 Å². The van der Waals surface area contributed by atoms with E-state index in [9.17, 15) is 13.2 Å². The second-order valence-corrected chi connectivity index (χ2v) is 9.92. The second-order valence-electron chi connectivity index (χ2n) is 8.12. The van der Waals surface area contributed by atoms with Gasteiger partial charge in [-0.15, -0.1) is 0 Å². The Hall–Kier alpha value is -3.85. The first-order valence-electron chi connectivity index (χ1n) is 10.6. The van der Waals surface area contributed by atoms with Gasteiger partial charge in [0.1, 0.15) is 23.3 Å². The molecule has 2 aromatic heterocycles. The summed E-state index contributed by atoms with van der Waals surface area (Å²) >= 11 is 0. The molecule has 34 heavy (non-hydrogen) atoms. The van der Waals surface area contributed by atoms with Crippen LogP contribution in [0, 0.1) is 13.8 Å². The summed E-state index contributed by atoms with van der Waals surface area (Å²) in [7, 11) is -2.52. The molecule has 1 atom stereocenters. The molecular formula is C25H22N2O6S. The van der Waals surface area contributed by atoms with Crippen molar-refractivity contribution in [3.63, 3.8) is 0 Å². The number of nitrogens with zero attached hydrogens (tertiary/aromatic N) is 2. The number of hydrogen-bond donors (Lipinski definition) is 0. The zero-order valence-electron chi connectivity index (χ0n) is 18.8. The molecule has 3 heterocycles. The van der Waals surface area contributed by atoms with Crippen molar-refractivity contribution in [1.29, 1.82) is 0 Å². The number of aryl methyl sites for hydroxylation is 2. The number of fused-ring (bicyclic) bond motifs is 1. The number of furan rings is 1. The van der Waals surface area contributed by atoms with Crippen LogP contribution in [0.5, 0.6) is 5.75 Å². The number of benzene rings is 2. The van der Waals surface area contributed by atoms with Crippen molar-refractivity contribution in [2.24, 2.45) is 5.10 Å². The fraction of sp³-hybridized carbons (Fsp3) is 0.200. The molecule has 0 spiro atoms. The molecule has 5 rings (SSSR count). The normalized spacial score (nSPS) is 16.1. The first-order valence-corrected chi connectivity index (χ1v) is 12.1. The van der Waals surface area contributed by atoms with Crippen molar-refractivity contribution in [2.75, 3.05) is 7.11 Å². The molecule has 9 heteroatoms. The molecule has 0 radical (unpaired) electrons. The molecule has 1 aliphatic rings. The van der Waals surface area contributed by atoms with Gasteiger partial charge in [0.05, 0.1) is 23.3 Å². The predicted molar refractivity (Wildman–Crippen MR) is 127 cm³/mol. The van der Waals surface area contributed by atoms with Crippen molar-refractivity contribution in [1.82, 2.24) is 4.41 Å². The fourth-order valence-electron chi connectivity index (χ4n) is 4.08. The van der Waals surface area contributed by atoms with E-state index in [1.807, 2.05) is 6.92 Å². The predicted octanol–water partition coefficient (Wildman–Crippen LogP) is 4.55. The lowest BCUT2D eigenvalue weighted by Gasteiger charge is -2.21. The first kappa shape index (κ1) is 22.0. The van der Waals surface area contributed by atoms with Gasteiger partial charge in [0.15, 0.2) is 5.58 Å². The van der Waals surface area contributed by atoms with Gasteiger partial charge in [0.2, 0.25) is 0 Å². The van der Waals surface area contributed by atoms with Crippen LogP contribution in [-0.4, -0.2) is 25.7 Å². The molecule has 2 aromatic carbocycles. The topological polar surface area (TPSA) is 102 Å². The molecule has 1 unspecified atom stereocenters. The van der Waals surface area contributed by atoms with E-state index in [4.69, 9.17) is 13.6 Å². The summed E-state index contributed by atoms with van der Waals surface area (Å²) in [5.74, 6) is 1.54. The SMILES string of the molecule is COc1ccc2ccc(=O)oc2c1C1=NN(S(=O)(=O)c2ccc(C)cc2)C(c2ccc(C)o2)C1. The maximum absolute atomic E-state index is 13.7. The zero-order chi connectivity index (χ0) is 24.0. The van der Waals surface area contributed by atoms with Crippen LogP contribution in [0.1, 0.15) is 35.1 Å². The van der Waals surface area contributed by atoms with E-state index in [-0.39, 0.29) is 16.9 Å². The number of hydrogen-bond acceptors (Lipinski definition) is 7. The quantitative estimate of drug-likeness (QED) is 0.390. The molecule has 0 N–H and O–H groups in total. The number of methoxy groups -OCH3 is 1. The fourth-order valence-corrected chi connectivity index (χ4v) is 5.50. The number of hydrazone groups is 1. The van der Waals surface area contributed by atoms with Crippen molar-refractivity contribution >= 4 is 26.7 Å². The Kier molecular flexibility index (Phi) is 5.28. The lowest BCUT2D eigenvalue weighted by atomic mass is 10.00. The molecule has 1 aliphatic heterocycles. The smallest absolute Gasteiger partial charge is 0.336 e. The van der Waals surface area contributed by atoms with Crippen LogP contribution in [0.15, 0.2) is 84.3 Å². The Labute approximate surface area is 196 Å². The van der Waals surface area contributed by atoms with Gasteiger partial charge < -0.3 is 13.6 Å². The van der Waals surface area contributed by atoms with E-state index in [1.54, 1.807) is 61.5 Å². The molecular weight excluding hydrogens is 456 g/mol. The van der Waals surface area contributed by atoms with Crippen LogP contribution >= 0.6 is 0 Å². The van der Waals surface area contributed by atoms with Crippen molar-refractivity contribution < 1.29 is 22.0 Å². The Bertz CT molecular complexity index is 1580. The maximum Gasteiger partial charge on any atom is 0.336 e. The van der Waals surface area contributed by atoms with Gasteiger partial charge in [0, 0.05) is 17.9 Å². The molecule has 174 valence electrons. The summed E-state index contributed by atoms with van der Waals surface area (Å²) in [6.45, 7) is 3.68. The van der Waals surface area contributed by atoms with Gasteiger partial charge in [-0.25, -0.2) is 4.79 Å². The van der Waals surface area contributed by atoms with E-state index in [0.717, 1.165) is 9.98 Å². The van der Waals surface area contributed by atoms with E-state index in [1.165, 1.54) is 13.2 Å². The van der Waals surface area contributed by atoms with Crippen LogP contribution < -0.4 is 10.4 Å². The van der Waals surface area contributed by atoms with E-state index < -0.39 is 21.7 Å². The molecule has 0 fully saturated rings. The van der Waals surface area contributed by atoms with Gasteiger partial charge in [-0.1, -0.05) is 17.7 Å². The summed E-state index contributed by atoms with van der Waals surface area (Å²) in [5.41, 5.74) is 1.55. The lowest BCUT2D eigenvalue weighted by Crippen LogP contribution is -2.27. The molecule has 0 saturated heterocycles. The number of sulfonamides is 1. The minimum Gasteiger partial charge on any atom is -0.496 e. The third kappa shape index (κ3) is 3.67. The van der Waals surface area contributed by atoms with E-state index in [2.05, 4.69) is 5.10 Å². The summed E-state index contributed by atoms with van der Waals surface area (Å²) in [6, 6.07) is 15.9. The average Bonchev–Trinajstić information content (AvgIpc) is 3.45. The zero-order valence-corrected chi connectivity index (χ0v) is 19.6. The van der Waals surface area contributed by atoms with Gasteiger partial charge in [-0.3, -0.25) is 0 Å². The lowest BCUT2D eigenvalue weighted by molar-refractivity contribution is 0.315. The molecule has 0 amide bonds. The minimum absolute atomic E-state index is 0.118. The van der Waals surface area contributed by atoms with Crippen LogP contribution in [-0.2, 0) is 10.0 Å².